The SMILES string of the molecule is CN=C(NCc1ccc(Cl)cc1Cl)NCC(C)(C)S(C)(=O)=O. The number of hydrogen-bond acceptors (Lipinski definition) is 3. The number of sulfone groups is 1. The van der Waals surface area contributed by atoms with Gasteiger partial charge in [-0.25, -0.2) is 8.42 Å². The molecule has 0 bridgehead atoms. The molecule has 0 amide bonds. The minimum Gasteiger partial charge on any atom is -0.355 e. The van der Waals surface area contributed by atoms with Crippen molar-refractivity contribution in [3.8, 4) is 0 Å². The van der Waals surface area contributed by atoms with Crippen LogP contribution in [-0.4, -0.2) is 39.0 Å². The van der Waals surface area contributed by atoms with Crippen LogP contribution >= 0.6 is 23.2 Å². The monoisotopic (exact) mass is 365 g/mol. The fourth-order valence-electron chi connectivity index (χ4n) is 1.49. The Morgan fingerprint density at radius 1 is 1.27 bits per heavy atom. The van der Waals surface area contributed by atoms with Crippen LogP contribution in [-0.2, 0) is 16.4 Å². The quantitative estimate of drug-likeness (QED) is 0.621. The number of benzene rings is 1. The molecule has 0 heterocycles. The third-order valence-electron chi connectivity index (χ3n) is 3.37. The topological polar surface area (TPSA) is 70.6 Å². The van der Waals surface area contributed by atoms with Crippen LogP contribution in [0.15, 0.2) is 23.2 Å². The van der Waals surface area contributed by atoms with E-state index in [9.17, 15) is 8.42 Å². The largest absolute Gasteiger partial charge is 0.355 e. The molecule has 1 aromatic rings. The molecular weight excluding hydrogens is 345 g/mol. The summed E-state index contributed by atoms with van der Waals surface area (Å²) in [5, 5.41) is 7.23. The van der Waals surface area contributed by atoms with Crippen molar-refractivity contribution in [3.63, 3.8) is 0 Å². The minimum atomic E-state index is -3.17. The molecule has 8 heteroatoms. The number of aliphatic imine (C=N–C) groups is 1. The minimum absolute atomic E-state index is 0.250. The lowest BCUT2D eigenvalue weighted by atomic mass is 10.2. The van der Waals surface area contributed by atoms with Gasteiger partial charge in [0, 0.05) is 36.4 Å². The van der Waals surface area contributed by atoms with Gasteiger partial charge in [0.05, 0.1) is 4.75 Å². The Morgan fingerprint density at radius 2 is 1.91 bits per heavy atom. The number of nitrogens with zero attached hydrogens (tertiary/aromatic N) is 1. The molecule has 0 radical (unpaired) electrons. The number of halogens is 2. The van der Waals surface area contributed by atoms with E-state index in [0.717, 1.165) is 5.56 Å². The molecule has 0 fully saturated rings. The summed E-state index contributed by atoms with van der Waals surface area (Å²) in [6, 6.07) is 5.25. The smallest absolute Gasteiger partial charge is 0.191 e. The van der Waals surface area contributed by atoms with E-state index in [1.807, 2.05) is 6.07 Å². The van der Waals surface area contributed by atoms with E-state index >= 15 is 0 Å². The average molecular weight is 366 g/mol. The Labute approximate surface area is 142 Å². The second kappa shape index (κ2) is 7.53. The summed E-state index contributed by atoms with van der Waals surface area (Å²) in [6.45, 7) is 4.03. The molecule has 0 aliphatic heterocycles. The van der Waals surface area contributed by atoms with Gasteiger partial charge >= 0.3 is 0 Å². The van der Waals surface area contributed by atoms with E-state index in [0.29, 0.717) is 22.5 Å². The first-order chi connectivity index (χ1) is 10.1. The van der Waals surface area contributed by atoms with Crippen molar-refractivity contribution in [2.45, 2.75) is 25.1 Å². The van der Waals surface area contributed by atoms with Crippen LogP contribution in [0.1, 0.15) is 19.4 Å². The Kier molecular flexibility index (Phi) is 6.52. The van der Waals surface area contributed by atoms with Crippen LogP contribution in [0.5, 0.6) is 0 Å². The van der Waals surface area contributed by atoms with Gasteiger partial charge in [0.2, 0.25) is 0 Å². The number of nitrogens with one attached hydrogen (secondary N) is 2. The van der Waals surface area contributed by atoms with Crippen LogP contribution in [0.3, 0.4) is 0 Å². The molecule has 124 valence electrons. The predicted octanol–water partition coefficient (Wildman–Crippen LogP) is 2.48. The van der Waals surface area contributed by atoms with Crippen LogP contribution in [0, 0.1) is 0 Å². The maximum Gasteiger partial charge on any atom is 0.191 e. The van der Waals surface area contributed by atoms with E-state index in [1.165, 1.54) is 6.26 Å². The molecule has 1 rings (SSSR count). The second-order valence-corrected chi connectivity index (χ2v) is 9.04. The molecule has 0 unspecified atom stereocenters. The van der Waals surface area contributed by atoms with Gasteiger partial charge in [0.25, 0.3) is 0 Å². The Morgan fingerprint density at radius 3 is 2.41 bits per heavy atom. The number of hydrogen-bond donors (Lipinski definition) is 2. The van der Waals surface area contributed by atoms with Gasteiger partial charge in [-0.15, -0.1) is 0 Å². The first kappa shape index (κ1) is 19.1. The van der Waals surface area contributed by atoms with E-state index < -0.39 is 14.6 Å². The Bertz CT molecular complexity index is 658. The Hall–Kier alpha value is -0.980. The first-order valence-electron chi connectivity index (χ1n) is 6.65. The molecule has 0 spiro atoms. The molecule has 0 saturated heterocycles. The molecule has 0 saturated carbocycles. The molecule has 0 aliphatic rings. The first-order valence-corrected chi connectivity index (χ1v) is 9.29. The molecule has 0 aliphatic carbocycles. The maximum absolute atomic E-state index is 11.7. The fourth-order valence-corrected chi connectivity index (χ4v) is 2.30. The third-order valence-corrected chi connectivity index (χ3v) is 6.11. The van der Waals surface area contributed by atoms with E-state index in [2.05, 4.69) is 15.6 Å². The van der Waals surface area contributed by atoms with Crippen molar-refractivity contribution in [1.82, 2.24) is 10.6 Å². The average Bonchev–Trinajstić information content (AvgIpc) is 2.39. The van der Waals surface area contributed by atoms with Crippen LogP contribution in [0.4, 0.5) is 0 Å². The molecular formula is C14H21Cl2N3O2S. The van der Waals surface area contributed by atoms with Gasteiger partial charge in [0.1, 0.15) is 0 Å². The standard InChI is InChI=1S/C14H21Cl2N3O2S/c1-14(2,22(4,20)21)9-19-13(17-3)18-8-10-5-6-11(15)7-12(10)16/h5-7H,8-9H2,1-4H3,(H2,17,18,19). The van der Waals surface area contributed by atoms with Crippen LogP contribution in [0.25, 0.3) is 0 Å². The van der Waals surface area contributed by atoms with Gasteiger partial charge in [-0.2, -0.15) is 0 Å². The molecule has 2 N–H and O–H groups in total. The van der Waals surface area contributed by atoms with Crippen molar-refractivity contribution < 1.29 is 8.42 Å². The zero-order valence-electron chi connectivity index (χ0n) is 13.1. The molecule has 0 aromatic heterocycles. The van der Waals surface area contributed by atoms with Gasteiger partial charge in [-0.05, 0) is 31.5 Å². The fraction of sp³-hybridized carbons (Fsp3) is 0.500. The third kappa shape index (κ3) is 5.34. The Balaban J connectivity index is 2.64. The lowest BCUT2D eigenvalue weighted by Gasteiger charge is -2.24. The normalized spacial score (nSPS) is 13.1. The van der Waals surface area contributed by atoms with Crippen molar-refractivity contribution in [3.05, 3.63) is 33.8 Å². The highest BCUT2D eigenvalue weighted by Gasteiger charge is 2.30. The molecule has 22 heavy (non-hydrogen) atoms. The molecule has 0 atom stereocenters. The van der Waals surface area contributed by atoms with Gasteiger partial charge in [0.15, 0.2) is 15.8 Å². The molecule has 5 nitrogen and oxygen atoms in total. The number of rotatable bonds is 5. The van der Waals surface area contributed by atoms with Crippen LogP contribution < -0.4 is 10.6 Å². The summed E-state index contributed by atoms with van der Waals surface area (Å²) in [5.41, 5.74) is 0.872. The van der Waals surface area contributed by atoms with Gasteiger partial charge in [-0.3, -0.25) is 4.99 Å². The maximum atomic E-state index is 11.7. The predicted molar refractivity (Wildman–Crippen MR) is 93.6 cm³/mol. The van der Waals surface area contributed by atoms with Crippen molar-refractivity contribution in [2.75, 3.05) is 19.8 Å². The van der Waals surface area contributed by atoms with E-state index in [-0.39, 0.29) is 6.54 Å². The number of guanidine groups is 1. The zero-order valence-corrected chi connectivity index (χ0v) is 15.4. The second-order valence-electron chi connectivity index (χ2n) is 5.55. The lowest BCUT2D eigenvalue weighted by Crippen LogP contribution is -2.47. The summed E-state index contributed by atoms with van der Waals surface area (Å²) in [7, 11) is -1.55. The summed E-state index contributed by atoms with van der Waals surface area (Å²) in [4.78, 5) is 4.07. The van der Waals surface area contributed by atoms with Gasteiger partial charge < -0.3 is 10.6 Å². The summed E-state index contributed by atoms with van der Waals surface area (Å²) < 4.78 is 22.5. The summed E-state index contributed by atoms with van der Waals surface area (Å²) in [5.74, 6) is 0.503. The van der Waals surface area contributed by atoms with E-state index in [1.54, 1.807) is 33.0 Å². The molecule has 1 aromatic carbocycles. The highest BCUT2D eigenvalue weighted by atomic mass is 35.5. The summed E-state index contributed by atoms with van der Waals surface area (Å²) in [6.07, 6.45) is 1.22. The lowest BCUT2D eigenvalue weighted by molar-refractivity contribution is 0.544. The van der Waals surface area contributed by atoms with Crippen LogP contribution in [0.2, 0.25) is 10.0 Å². The highest BCUT2D eigenvalue weighted by Crippen LogP contribution is 2.20. The van der Waals surface area contributed by atoms with E-state index in [4.69, 9.17) is 23.2 Å². The highest BCUT2D eigenvalue weighted by molar-refractivity contribution is 7.92. The van der Waals surface area contributed by atoms with Crippen molar-refractivity contribution in [1.29, 1.82) is 0 Å². The van der Waals surface area contributed by atoms with Crippen molar-refractivity contribution in [2.24, 2.45) is 4.99 Å². The summed E-state index contributed by atoms with van der Waals surface area (Å²) >= 11 is 12.0. The van der Waals surface area contributed by atoms with Gasteiger partial charge in [-0.1, -0.05) is 29.3 Å². The zero-order chi connectivity index (χ0) is 17.0. The van der Waals surface area contributed by atoms with Crippen molar-refractivity contribution >= 4 is 39.0 Å².